The first-order valence-corrected chi connectivity index (χ1v) is 5.12. The third kappa shape index (κ3) is 4.02. The molecule has 1 saturated heterocycles. The maximum Gasteiger partial charge on any atom is 0.0870 e. The number of methoxy groups -OCH3 is 1. The molecule has 3 nitrogen and oxygen atoms in total. The third-order valence-electron chi connectivity index (χ3n) is 2.49. The van der Waals surface area contributed by atoms with Gasteiger partial charge in [0.25, 0.3) is 0 Å². The molecule has 0 saturated carbocycles. The van der Waals surface area contributed by atoms with E-state index in [0.717, 1.165) is 32.2 Å². The molecular weight excluding hydrogens is 184 g/mol. The molecule has 1 aliphatic heterocycles. The molecular formula is C9H18N2OS. The van der Waals surface area contributed by atoms with Crippen LogP contribution in [0.2, 0.25) is 0 Å². The second-order valence-electron chi connectivity index (χ2n) is 3.64. The van der Waals surface area contributed by atoms with Crippen LogP contribution in [0.3, 0.4) is 0 Å². The van der Waals surface area contributed by atoms with Crippen LogP contribution >= 0.6 is 12.2 Å². The van der Waals surface area contributed by atoms with Gasteiger partial charge in [-0.25, -0.2) is 0 Å². The van der Waals surface area contributed by atoms with E-state index in [0.29, 0.717) is 4.99 Å². The van der Waals surface area contributed by atoms with E-state index in [4.69, 9.17) is 22.7 Å². The smallest absolute Gasteiger partial charge is 0.0870 e. The number of nitrogens with zero attached hydrogens (tertiary/aromatic N) is 1. The van der Waals surface area contributed by atoms with E-state index in [2.05, 4.69) is 4.90 Å². The largest absolute Gasteiger partial charge is 0.392 e. The molecule has 4 heteroatoms. The van der Waals surface area contributed by atoms with Crippen LogP contribution in [0.4, 0.5) is 0 Å². The molecule has 1 fully saturated rings. The van der Waals surface area contributed by atoms with Crippen molar-refractivity contribution in [3.63, 3.8) is 0 Å². The van der Waals surface area contributed by atoms with Crippen molar-refractivity contribution in [3.05, 3.63) is 0 Å². The highest BCUT2D eigenvalue weighted by Gasteiger charge is 2.18. The summed E-state index contributed by atoms with van der Waals surface area (Å²) in [5, 5.41) is 0. The molecule has 13 heavy (non-hydrogen) atoms. The van der Waals surface area contributed by atoms with Gasteiger partial charge >= 0.3 is 0 Å². The SMILES string of the molecule is COCC1CCN(CC(N)=S)CC1. The fraction of sp³-hybridized carbons (Fsp3) is 0.889. The summed E-state index contributed by atoms with van der Waals surface area (Å²) in [4.78, 5) is 2.92. The van der Waals surface area contributed by atoms with Gasteiger partial charge in [-0.15, -0.1) is 0 Å². The number of hydrogen-bond donors (Lipinski definition) is 1. The van der Waals surface area contributed by atoms with Crippen molar-refractivity contribution in [1.82, 2.24) is 4.90 Å². The van der Waals surface area contributed by atoms with Crippen molar-refractivity contribution >= 4 is 17.2 Å². The maximum absolute atomic E-state index is 5.48. The predicted octanol–water partition coefficient (Wildman–Crippen LogP) is 0.631. The third-order valence-corrected chi connectivity index (χ3v) is 2.62. The van der Waals surface area contributed by atoms with E-state index in [1.165, 1.54) is 12.8 Å². The van der Waals surface area contributed by atoms with Gasteiger partial charge in [0, 0.05) is 20.3 Å². The lowest BCUT2D eigenvalue weighted by molar-refractivity contribution is 0.105. The average molecular weight is 202 g/mol. The first-order chi connectivity index (χ1) is 6.22. The minimum Gasteiger partial charge on any atom is -0.392 e. The first-order valence-electron chi connectivity index (χ1n) is 4.72. The second kappa shape index (κ2) is 5.52. The summed E-state index contributed by atoms with van der Waals surface area (Å²) in [6, 6.07) is 0. The molecule has 0 aromatic rings. The maximum atomic E-state index is 5.48. The summed E-state index contributed by atoms with van der Waals surface area (Å²) >= 11 is 4.87. The zero-order valence-corrected chi connectivity index (χ0v) is 8.98. The zero-order chi connectivity index (χ0) is 9.68. The number of rotatable bonds is 4. The molecule has 1 aliphatic rings. The van der Waals surface area contributed by atoms with E-state index in [1.807, 2.05) is 0 Å². The lowest BCUT2D eigenvalue weighted by atomic mass is 9.98. The van der Waals surface area contributed by atoms with Crippen molar-refractivity contribution in [3.8, 4) is 0 Å². The van der Waals surface area contributed by atoms with E-state index in [9.17, 15) is 0 Å². The molecule has 0 radical (unpaired) electrons. The number of piperidine rings is 1. The Morgan fingerprint density at radius 1 is 1.54 bits per heavy atom. The Bertz CT molecular complexity index is 167. The second-order valence-corrected chi connectivity index (χ2v) is 4.17. The Hall–Kier alpha value is -0.190. The normalized spacial score (nSPS) is 20.4. The molecule has 76 valence electrons. The quantitative estimate of drug-likeness (QED) is 0.679. The van der Waals surface area contributed by atoms with E-state index >= 15 is 0 Å². The summed E-state index contributed by atoms with van der Waals surface area (Å²) < 4.78 is 5.13. The van der Waals surface area contributed by atoms with E-state index in [-0.39, 0.29) is 0 Å². The minimum atomic E-state index is 0.602. The highest BCUT2D eigenvalue weighted by Crippen LogP contribution is 2.16. The molecule has 2 N–H and O–H groups in total. The highest BCUT2D eigenvalue weighted by molar-refractivity contribution is 7.80. The van der Waals surface area contributed by atoms with Gasteiger partial charge in [0.15, 0.2) is 0 Å². The number of hydrogen-bond acceptors (Lipinski definition) is 3. The fourth-order valence-corrected chi connectivity index (χ4v) is 1.95. The molecule has 0 aromatic heterocycles. The topological polar surface area (TPSA) is 38.5 Å². The Kier molecular flexibility index (Phi) is 4.62. The van der Waals surface area contributed by atoms with Gasteiger partial charge in [0.1, 0.15) is 0 Å². The Morgan fingerprint density at radius 2 is 2.15 bits per heavy atom. The summed E-state index contributed by atoms with van der Waals surface area (Å²) in [6.45, 7) is 3.87. The van der Waals surface area contributed by atoms with Gasteiger partial charge < -0.3 is 10.5 Å². The van der Waals surface area contributed by atoms with Crippen molar-refractivity contribution in [1.29, 1.82) is 0 Å². The number of nitrogens with two attached hydrogens (primary N) is 1. The lowest BCUT2D eigenvalue weighted by Gasteiger charge is -2.31. The number of ether oxygens (including phenoxy) is 1. The van der Waals surface area contributed by atoms with E-state index < -0.39 is 0 Å². The van der Waals surface area contributed by atoms with Gasteiger partial charge in [-0.05, 0) is 31.8 Å². The van der Waals surface area contributed by atoms with Crippen LogP contribution in [0.15, 0.2) is 0 Å². The molecule has 0 atom stereocenters. The van der Waals surface area contributed by atoms with Gasteiger partial charge in [-0.1, -0.05) is 12.2 Å². The van der Waals surface area contributed by atoms with Crippen LogP contribution in [0.1, 0.15) is 12.8 Å². The molecule has 0 unspecified atom stereocenters. The van der Waals surface area contributed by atoms with Crippen LogP contribution in [0.5, 0.6) is 0 Å². The number of likely N-dealkylation sites (tertiary alicyclic amines) is 1. The van der Waals surface area contributed by atoms with Gasteiger partial charge in [-0.3, -0.25) is 4.90 Å². The molecule has 0 spiro atoms. The fourth-order valence-electron chi connectivity index (χ4n) is 1.77. The Labute approximate surface area is 85.2 Å². The lowest BCUT2D eigenvalue weighted by Crippen LogP contribution is -2.39. The van der Waals surface area contributed by atoms with Crippen molar-refractivity contribution in [2.45, 2.75) is 12.8 Å². The summed E-state index contributed by atoms with van der Waals surface area (Å²) in [6.07, 6.45) is 2.41. The van der Waals surface area contributed by atoms with Crippen LogP contribution in [-0.4, -0.2) is 43.2 Å². The van der Waals surface area contributed by atoms with Crippen LogP contribution in [0, 0.1) is 5.92 Å². The Balaban J connectivity index is 2.18. The molecule has 0 aliphatic carbocycles. The minimum absolute atomic E-state index is 0.602. The zero-order valence-electron chi connectivity index (χ0n) is 8.16. The average Bonchev–Trinajstić information content (AvgIpc) is 2.08. The van der Waals surface area contributed by atoms with Gasteiger partial charge in [0.2, 0.25) is 0 Å². The summed E-state index contributed by atoms with van der Waals surface area (Å²) in [7, 11) is 1.77. The van der Waals surface area contributed by atoms with Gasteiger partial charge in [-0.2, -0.15) is 0 Å². The molecule has 0 amide bonds. The summed E-state index contributed by atoms with van der Waals surface area (Å²) in [5.41, 5.74) is 5.48. The first kappa shape index (κ1) is 10.9. The van der Waals surface area contributed by atoms with Crippen molar-refractivity contribution in [2.24, 2.45) is 11.7 Å². The van der Waals surface area contributed by atoms with Crippen molar-refractivity contribution < 1.29 is 4.74 Å². The Morgan fingerprint density at radius 3 is 2.62 bits per heavy atom. The highest BCUT2D eigenvalue weighted by atomic mass is 32.1. The molecule has 0 bridgehead atoms. The standard InChI is InChI=1S/C9H18N2OS/c1-12-7-8-2-4-11(5-3-8)6-9(10)13/h8H,2-7H2,1H3,(H2,10,13). The molecule has 1 rings (SSSR count). The summed E-state index contributed by atoms with van der Waals surface area (Å²) in [5.74, 6) is 0.729. The van der Waals surface area contributed by atoms with Gasteiger partial charge in [0.05, 0.1) is 4.99 Å². The van der Waals surface area contributed by atoms with Crippen LogP contribution in [0.25, 0.3) is 0 Å². The number of thiocarbonyl (C=S) groups is 1. The van der Waals surface area contributed by atoms with Crippen LogP contribution < -0.4 is 5.73 Å². The molecule has 0 aromatic carbocycles. The molecule has 1 heterocycles. The van der Waals surface area contributed by atoms with Crippen LogP contribution in [-0.2, 0) is 4.74 Å². The predicted molar refractivity (Wildman–Crippen MR) is 57.8 cm³/mol. The van der Waals surface area contributed by atoms with Crippen molar-refractivity contribution in [2.75, 3.05) is 33.4 Å². The monoisotopic (exact) mass is 202 g/mol. The van der Waals surface area contributed by atoms with E-state index in [1.54, 1.807) is 7.11 Å².